The van der Waals surface area contributed by atoms with Crippen molar-refractivity contribution in [3.63, 3.8) is 0 Å². The summed E-state index contributed by atoms with van der Waals surface area (Å²) in [6.45, 7) is 2.29. The van der Waals surface area contributed by atoms with Gasteiger partial charge in [0.05, 0.1) is 0 Å². The van der Waals surface area contributed by atoms with Crippen LogP contribution in [0.15, 0.2) is 42.5 Å². The highest BCUT2D eigenvalue weighted by atomic mass is 19.1. The molecule has 0 nitrogen and oxygen atoms in total. The first-order chi connectivity index (χ1) is 13.7. The Hall–Kier alpha value is -1.89. The predicted molar refractivity (Wildman–Crippen MR) is 118 cm³/mol. The first-order valence-corrected chi connectivity index (χ1v) is 11.3. The Bertz CT molecular complexity index is 807. The summed E-state index contributed by atoms with van der Waals surface area (Å²) in [5.74, 6) is 1.65. The lowest BCUT2D eigenvalue weighted by atomic mass is 9.77. The first-order valence-electron chi connectivity index (χ1n) is 11.3. The van der Waals surface area contributed by atoms with Crippen molar-refractivity contribution in [2.45, 2.75) is 77.0 Å². The molecular weight excluding hydrogens is 343 g/mol. The van der Waals surface area contributed by atoms with Crippen LogP contribution >= 0.6 is 0 Å². The van der Waals surface area contributed by atoms with E-state index in [-0.39, 0.29) is 5.82 Å². The Kier molecular flexibility index (Phi) is 6.29. The van der Waals surface area contributed by atoms with Gasteiger partial charge in [0, 0.05) is 0 Å². The monoisotopic (exact) mass is 376 g/mol. The highest BCUT2D eigenvalue weighted by Gasteiger charge is 2.22. The van der Waals surface area contributed by atoms with E-state index in [1.807, 2.05) is 12.1 Å². The second kappa shape index (κ2) is 9.07. The van der Waals surface area contributed by atoms with Gasteiger partial charge in [-0.25, -0.2) is 4.39 Å². The third kappa shape index (κ3) is 4.40. The molecule has 0 heterocycles. The summed E-state index contributed by atoms with van der Waals surface area (Å²) in [5.41, 5.74) is 6.07. The highest BCUT2D eigenvalue weighted by molar-refractivity contribution is 5.84. The molecule has 2 aliphatic carbocycles. The highest BCUT2D eigenvalue weighted by Crippen LogP contribution is 2.38. The summed E-state index contributed by atoms with van der Waals surface area (Å²) in [7, 11) is 0. The zero-order valence-electron chi connectivity index (χ0n) is 17.2. The molecule has 0 N–H and O–H groups in total. The largest absolute Gasteiger partial charge is 0.207 e. The second-order valence-electron chi connectivity index (χ2n) is 8.81. The van der Waals surface area contributed by atoms with Gasteiger partial charge in [-0.1, -0.05) is 75.1 Å². The molecule has 2 aliphatic rings. The average molecular weight is 377 g/mol. The fourth-order valence-electron chi connectivity index (χ4n) is 5.16. The molecule has 2 aromatic rings. The van der Waals surface area contributed by atoms with Gasteiger partial charge in [-0.2, -0.15) is 0 Å². The molecule has 2 aromatic carbocycles. The van der Waals surface area contributed by atoms with E-state index in [0.29, 0.717) is 0 Å². The van der Waals surface area contributed by atoms with Gasteiger partial charge in [0.15, 0.2) is 0 Å². The lowest BCUT2D eigenvalue weighted by molar-refractivity contribution is 0.303. The number of benzene rings is 2. The van der Waals surface area contributed by atoms with Gasteiger partial charge in [-0.3, -0.25) is 0 Å². The quantitative estimate of drug-likeness (QED) is 0.446. The fourth-order valence-corrected chi connectivity index (χ4v) is 5.16. The minimum Gasteiger partial charge on any atom is -0.207 e. The molecule has 1 fully saturated rings. The zero-order chi connectivity index (χ0) is 19.3. The third-order valence-electron chi connectivity index (χ3n) is 6.94. The second-order valence-corrected chi connectivity index (χ2v) is 8.81. The predicted octanol–water partition coefficient (Wildman–Crippen LogP) is 8.17. The van der Waals surface area contributed by atoms with Crippen LogP contribution in [-0.2, 0) is 6.42 Å². The van der Waals surface area contributed by atoms with Gasteiger partial charge >= 0.3 is 0 Å². The molecule has 1 heteroatoms. The summed E-state index contributed by atoms with van der Waals surface area (Å²) in [5, 5.41) is 0. The summed E-state index contributed by atoms with van der Waals surface area (Å²) in [6, 6.07) is 14.7. The van der Waals surface area contributed by atoms with Crippen molar-refractivity contribution >= 4 is 11.6 Å². The molecule has 0 amide bonds. The Morgan fingerprint density at radius 1 is 0.893 bits per heavy atom. The van der Waals surface area contributed by atoms with E-state index in [4.69, 9.17) is 0 Å². The van der Waals surface area contributed by atoms with E-state index < -0.39 is 0 Å². The van der Waals surface area contributed by atoms with E-state index in [1.165, 1.54) is 68.1 Å². The molecule has 28 heavy (non-hydrogen) atoms. The molecule has 4 rings (SSSR count). The number of allylic oxidation sites excluding steroid dienone is 1. The van der Waals surface area contributed by atoms with Crippen LogP contribution in [0.3, 0.4) is 0 Å². The van der Waals surface area contributed by atoms with Crippen molar-refractivity contribution in [3.8, 4) is 0 Å². The van der Waals surface area contributed by atoms with Crippen LogP contribution in [0.25, 0.3) is 11.6 Å². The Morgan fingerprint density at radius 2 is 1.68 bits per heavy atom. The molecular formula is C27H33F. The van der Waals surface area contributed by atoms with E-state index in [2.05, 4.69) is 37.3 Å². The molecule has 0 unspecified atom stereocenters. The minimum atomic E-state index is -0.0616. The maximum absolute atomic E-state index is 13.9. The molecule has 1 saturated carbocycles. The van der Waals surface area contributed by atoms with Gasteiger partial charge in [0.2, 0.25) is 0 Å². The average Bonchev–Trinajstić information content (AvgIpc) is 2.75. The molecule has 148 valence electrons. The SMILES string of the molecule is CCCCCC1CCC(c2ccc(C3=Cc4cccc(F)c4CC3)cc2)CC1. The van der Waals surface area contributed by atoms with Crippen LogP contribution in [0.1, 0.15) is 92.9 Å². The Morgan fingerprint density at radius 3 is 2.43 bits per heavy atom. The van der Waals surface area contributed by atoms with Crippen LogP contribution in [0.2, 0.25) is 0 Å². The number of fused-ring (bicyclic) bond motifs is 1. The molecule has 0 spiro atoms. The molecule has 0 aromatic heterocycles. The van der Waals surface area contributed by atoms with Gasteiger partial charge in [-0.05, 0) is 84.3 Å². The van der Waals surface area contributed by atoms with Gasteiger partial charge < -0.3 is 0 Å². The number of halogens is 1. The Labute approximate surface area is 169 Å². The van der Waals surface area contributed by atoms with Crippen molar-refractivity contribution < 1.29 is 4.39 Å². The first kappa shape index (κ1) is 19.4. The van der Waals surface area contributed by atoms with Gasteiger partial charge in [0.25, 0.3) is 0 Å². The van der Waals surface area contributed by atoms with E-state index in [0.717, 1.165) is 35.8 Å². The zero-order valence-corrected chi connectivity index (χ0v) is 17.2. The summed E-state index contributed by atoms with van der Waals surface area (Å²) in [6.07, 6.45) is 15.0. The molecule has 0 radical (unpaired) electrons. The number of hydrogen-bond acceptors (Lipinski definition) is 0. The standard InChI is InChI=1S/C27H33F/c1-2-3-4-6-20-9-11-21(12-10-20)22-13-15-23(16-14-22)24-17-18-26-25(19-24)7-5-8-27(26)28/h5,7-8,13-16,19-21H,2-4,6,9-12,17-18H2,1H3. The molecule has 0 bridgehead atoms. The maximum atomic E-state index is 13.9. The third-order valence-corrected chi connectivity index (χ3v) is 6.94. The van der Waals surface area contributed by atoms with Gasteiger partial charge in [0.1, 0.15) is 5.82 Å². The minimum absolute atomic E-state index is 0.0616. The summed E-state index contributed by atoms with van der Waals surface area (Å²) in [4.78, 5) is 0. The molecule has 0 atom stereocenters. The van der Waals surface area contributed by atoms with Crippen LogP contribution in [0, 0.1) is 11.7 Å². The van der Waals surface area contributed by atoms with Gasteiger partial charge in [-0.15, -0.1) is 0 Å². The van der Waals surface area contributed by atoms with E-state index in [1.54, 1.807) is 6.07 Å². The van der Waals surface area contributed by atoms with Crippen LogP contribution < -0.4 is 0 Å². The summed E-state index contributed by atoms with van der Waals surface area (Å²) >= 11 is 0. The Balaban J connectivity index is 1.39. The lowest BCUT2D eigenvalue weighted by Crippen LogP contribution is -2.13. The summed E-state index contributed by atoms with van der Waals surface area (Å²) < 4.78 is 13.9. The van der Waals surface area contributed by atoms with Crippen molar-refractivity contribution in [2.24, 2.45) is 5.92 Å². The molecule has 0 saturated heterocycles. The maximum Gasteiger partial charge on any atom is 0.127 e. The normalized spacial score (nSPS) is 21.9. The van der Waals surface area contributed by atoms with Crippen molar-refractivity contribution in [1.82, 2.24) is 0 Å². The van der Waals surface area contributed by atoms with Crippen LogP contribution in [0.4, 0.5) is 4.39 Å². The number of hydrogen-bond donors (Lipinski definition) is 0. The smallest absolute Gasteiger partial charge is 0.127 e. The number of unbranched alkanes of at least 4 members (excludes halogenated alkanes) is 2. The van der Waals surface area contributed by atoms with Crippen LogP contribution in [0.5, 0.6) is 0 Å². The number of rotatable bonds is 6. The van der Waals surface area contributed by atoms with Crippen molar-refractivity contribution in [2.75, 3.05) is 0 Å². The topological polar surface area (TPSA) is 0 Å². The fraction of sp³-hybridized carbons (Fsp3) is 0.481. The van der Waals surface area contributed by atoms with E-state index in [9.17, 15) is 4.39 Å². The van der Waals surface area contributed by atoms with Crippen molar-refractivity contribution in [1.29, 1.82) is 0 Å². The van der Waals surface area contributed by atoms with Crippen LogP contribution in [-0.4, -0.2) is 0 Å². The molecule has 0 aliphatic heterocycles. The van der Waals surface area contributed by atoms with Crippen molar-refractivity contribution in [3.05, 3.63) is 70.5 Å². The lowest BCUT2D eigenvalue weighted by Gasteiger charge is -2.29. The van der Waals surface area contributed by atoms with E-state index >= 15 is 0 Å².